The van der Waals surface area contributed by atoms with Crippen LogP contribution in [-0.4, -0.2) is 21.0 Å². The van der Waals surface area contributed by atoms with E-state index in [0.29, 0.717) is 11.0 Å². The molecule has 72 valence electrons. The molecule has 0 atom stereocenters. The lowest BCUT2D eigenvalue weighted by atomic mass is 10.1. The highest BCUT2D eigenvalue weighted by Crippen LogP contribution is 2.15. The zero-order chi connectivity index (χ0) is 10.3. The number of rotatable bonds is 1. The van der Waals surface area contributed by atoms with Crippen LogP contribution in [0.3, 0.4) is 0 Å². The summed E-state index contributed by atoms with van der Waals surface area (Å²) in [6.07, 6.45) is 0. The number of carboxylic acid groups (broad SMARTS) is 1. The average Bonchev–Trinajstić information content (AvgIpc) is 2.45. The number of hydrogen-bond acceptors (Lipinski definition) is 2. The molecule has 0 saturated carbocycles. The van der Waals surface area contributed by atoms with Gasteiger partial charge in [-0.25, -0.2) is 9.59 Å². The lowest BCUT2D eigenvalue weighted by molar-refractivity contribution is 0.0697. The number of H-pyrrole nitrogens is 2. The minimum absolute atomic E-state index is 0.172. The summed E-state index contributed by atoms with van der Waals surface area (Å²) in [7, 11) is 0. The molecule has 0 radical (unpaired) electrons. The van der Waals surface area contributed by atoms with Crippen LogP contribution in [0.4, 0.5) is 0 Å². The van der Waals surface area contributed by atoms with E-state index in [1.54, 1.807) is 6.92 Å². The van der Waals surface area contributed by atoms with Gasteiger partial charge in [-0.15, -0.1) is 0 Å². The van der Waals surface area contributed by atoms with E-state index in [4.69, 9.17) is 5.11 Å². The maximum atomic E-state index is 11.0. The van der Waals surface area contributed by atoms with Gasteiger partial charge in [0.15, 0.2) is 0 Å². The third-order valence-electron chi connectivity index (χ3n) is 2.07. The van der Waals surface area contributed by atoms with E-state index in [2.05, 4.69) is 9.97 Å². The molecule has 0 saturated heterocycles. The highest BCUT2D eigenvalue weighted by atomic mass is 16.4. The van der Waals surface area contributed by atoms with Crippen LogP contribution in [0.1, 0.15) is 15.9 Å². The molecule has 0 unspecified atom stereocenters. The Morgan fingerprint density at radius 2 is 2.07 bits per heavy atom. The molecule has 5 nitrogen and oxygen atoms in total. The third-order valence-corrected chi connectivity index (χ3v) is 2.07. The fraction of sp³-hybridized carbons (Fsp3) is 0.111. The minimum Gasteiger partial charge on any atom is -0.478 e. The van der Waals surface area contributed by atoms with Gasteiger partial charge in [0.05, 0.1) is 16.6 Å². The van der Waals surface area contributed by atoms with Gasteiger partial charge in [-0.3, -0.25) is 0 Å². The molecule has 2 aromatic rings. The predicted octanol–water partition coefficient (Wildman–Crippen LogP) is 0.863. The Morgan fingerprint density at radius 3 is 2.71 bits per heavy atom. The summed E-state index contributed by atoms with van der Waals surface area (Å²) in [6.45, 7) is 1.75. The summed E-state index contributed by atoms with van der Waals surface area (Å²) in [6, 6.07) is 2.96. The minimum atomic E-state index is -1.00. The summed E-state index contributed by atoms with van der Waals surface area (Å²) in [5.41, 5.74) is 1.75. The van der Waals surface area contributed by atoms with Crippen LogP contribution in [0.25, 0.3) is 11.0 Å². The van der Waals surface area contributed by atoms with Crippen LogP contribution in [0.2, 0.25) is 0 Å². The molecule has 0 aliphatic rings. The van der Waals surface area contributed by atoms with Gasteiger partial charge in [0.1, 0.15) is 0 Å². The first-order valence-corrected chi connectivity index (χ1v) is 4.04. The zero-order valence-electron chi connectivity index (χ0n) is 7.42. The number of imidazole rings is 1. The summed E-state index contributed by atoms with van der Waals surface area (Å²) < 4.78 is 0. The van der Waals surface area contributed by atoms with E-state index >= 15 is 0 Å². The molecule has 2 rings (SSSR count). The first kappa shape index (κ1) is 8.55. The summed E-state index contributed by atoms with van der Waals surface area (Å²) in [4.78, 5) is 26.8. The van der Waals surface area contributed by atoms with Crippen LogP contribution < -0.4 is 5.69 Å². The smallest absolute Gasteiger partial charge is 0.335 e. The van der Waals surface area contributed by atoms with Gasteiger partial charge in [-0.05, 0) is 24.6 Å². The number of aromatic nitrogens is 2. The van der Waals surface area contributed by atoms with E-state index in [0.717, 1.165) is 5.56 Å². The predicted molar refractivity (Wildman–Crippen MR) is 50.6 cm³/mol. The Balaban J connectivity index is 2.84. The molecule has 0 spiro atoms. The molecular formula is C9H8N2O3. The number of aromatic amines is 2. The number of aryl methyl sites for hydroxylation is 1. The number of carboxylic acids is 1. The topological polar surface area (TPSA) is 85.9 Å². The zero-order valence-corrected chi connectivity index (χ0v) is 7.42. The van der Waals surface area contributed by atoms with Crippen molar-refractivity contribution < 1.29 is 9.90 Å². The van der Waals surface area contributed by atoms with E-state index in [1.165, 1.54) is 12.1 Å². The highest BCUT2D eigenvalue weighted by Gasteiger charge is 2.08. The van der Waals surface area contributed by atoms with Crippen molar-refractivity contribution in [3.63, 3.8) is 0 Å². The van der Waals surface area contributed by atoms with Crippen LogP contribution in [0, 0.1) is 6.92 Å². The first-order valence-electron chi connectivity index (χ1n) is 4.04. The lowest BCUT2D eigenvalue weighted by Crippen LogP contribution is -1.99. The first-order chi connectivity index (χ1) is 6.58. The summed E-state index contributed by atoms with van der Waals surface area (Å²) in [5, 5.41) is 8.77. The van der Waals surface area contributed by atoms with E-state index in [9.17, 15) is 9.59 Å². The Morgan fingerprint density at radius 1 is 1.36 bits per heavy atom. The van der Waals surface area contributed by atoms with Crippen molar-refractivity contribution in [1.29, 1.82) is 0 Å². The van der Waals surface area contributed by atoms with Crippen molar-refractivity contribution in [3.8, 4) is 0 Å². The highest BCUT2D eigenvalue weighted by molar-refractivity contribution is 5.93. The average molecular weight is 192 g/mol. The van der Waals surface area contributed by atoms with Crippen LogP contribution in [0.15, 0.2) is 16.9 Å². The Hall–Kier alpha value is -2.04. The van der Waals surface area contributed by atoms with Crippen molar-refractivity contribution in [3.05, 3.63) is 33.7 Å². The van der Waals surface area contributed by atoms with Crippen molar-refractivity contribution in [2.75, 3.05) is 0 Å². The monoisotopic (exact) mass is 192 g/mol. The lowest BCUT2D eigenvalue weighted by Gasteiger charge is -1.98. The molecule has 0 aliphatic heterocycles. The van der Waals surface area contributed by atoms with Crippen LogP contribution in [0.5, 0.6) is 0 Å². The molecule has 1 aromatic heterocycles. The second-order valence-corrected chi connectivity index (χ2v) is 3.10. The van der Waals surface area contributed by atoms with Crippen molar-refractivity contribution in [2.45, 2.75) is 6.92 Å². The molecule has 0 amide bonds. The number of hydrogen-bond donors (Lipinski definition) is 3. The molecule has 5 heteroatoms. The number of carbonyl (C=O) groups is 1. The second-order valence-electron chi connectivity index (χ2n) is 3.10. The van der Waals surface area contributed by atoms with Crippen molar-refractivity contribution >= 4 is 17.0 Å². The molecule has 0 bridgehead atoms. The molecule has 14 heavy (non-hydrogen) atoms. The van der Waals surface area contributed by atoms with Crippen LogP contribution in [-0.2, 0) is 0 Å². The SMILES string of the molecule is Cc1cc(C(=O)O)cc2[nH]c(=O)[nH]c12. The number of benzene rings is 1. The fourth-order valence-corrected chi connectivity index (χ4v) is 1.44. The quantitative estimate of drug-likeness (QED) is 0.626. The largest absolute Gasteiger partial charge is 0.478 e. The molecule has 1 aromatic carbocycles. The number of aromatic carboxylic acids is 1. The van der Waals surface area contributed by atoms with Gasteiger partial charge in [-0.2, -0.15) is 0 Å². The Kier molecular flexibility index (Phi) is 1.67. The maximum absolute atomic E-state index is 11.0. The van der Waals surface area contributed by atoms with Gasteiger partial charge in [0.2, 0.25) is 0 Å². The fourth-order valence-electron chi connectivity index (χ4n) is 1.44. The van der Waals surface area contributed by atoms with Gasteiger partial charge < -0.3 is 15.1 Å². The normalized spacial score (nSPS) is 10.6. The summed E-state index contributed by atoms with van der Waals surface area (Å²) in [5.74, 6) is -1.00. The standard InChI is InChI=1S/C9H8N2O3/c1-4-2-5(8(12)13)3-6-7(4)11-9(14)10-6/h2-3H,1H3,(H,12,13)(H2,10,11,14). The molecular weight excluding hydrogens is 184 g/mol. The van der Waals surface area contributed by atoms with E-state index < -0.39 is 5.97 Å². The van der Waals surface area contributed by atoms with E-state index in [-0.39, 0.29) is 11.3 Å². The molecule has 0 fully saturated rings. The van der Waals surface area contributed by atoms with E-state index in [1.807, 2.05) is 0 Å². The van der Waals surface area contributed by atoms with Gasteiger partial charge >= 0.3 is 11.7 Å². The summed E-state index contributed by atoms with van der Waals surface area (Å²) >= 11 is 0. The van der Waals surface area contributed by atoms with Crippen molar-refractivity contribution in [1.82, 2.24) is 9.97 Å². The second kappa shape index (κ2) is 2.73. The molecule has 1 heterocycles. The van der Waals surface area contributed by atoms with Gasteiger partial charge in [-0.1, -0.05) is 0 Å². The number of nitrogens with one attached hydrogen (secondary N) is 2. The maximum Gasteiger partial charge on any atom is 0.335 e. The Bertz CT molecular complexity index is 565. The third kappa shape index (κ3) is 1.19. The Labute approximate surface area is 78.4 Å². The van der Waals surface area contributed by atoms with Crippen LogP contribution >= 0.6 is 0 Å². The van der Waals surface area contributed by atoms with Gasteiger partial charge in [0, 0.05) is 0 Å². The van der Waals surface area contributed by atoms with Crippen molar-refractivity contribution in [2.24, 2.45) is 0 Å². The molecule has 3 N–H and O–H groups in total. The number of fused-ring (bicyclic) bond motifs is 1. The van der Waals surface area contributed by atoms with Gasteiger partial charge in [0.25, 0.3) is 0 Å². The molecule has 0 aliphatic carbocycles.